The van der Waals surface area contributed by atoms with E-state index in [1.807, 2.05) is 11.0 Å². The minimum absolute atomic E-state index is 0.0555. The second-order valence-electron chi connectivity index (χ2n) is 7.34. The summed E-state index contributed by atoms with van der Waals surface area (Å²) < 4.78 is 0. The predicted octanol–water partition coefficient (Wildman–Crippen LogP) is 2.78. The number of rotatable bonds is 4. The second kappa shape index (κ2) is 7.60. The molecular weight excluding hydrogens is 322 g/mol. The topological polar surface area (TPSA) is 26.8 Å². The van der Waals surface area contributed by atoms with Gasteiger partial charge in [0.15, 0.2) is 0 Å². The number of carbonyl (C=O) groups is 1. The molecule has 2 aliphatic rings. The third-order valence-electron chi connectivity index (χ3n) is 5.71. The summed E-state index contributed by atoms with van der Waals surface area (Å²) in [6, 6.07) is 18.9. The molecule has 1 atom stereocenters. The van der Waals surface area contributed by atoms with Crippen LogP contribution in [0.25, 0.3) is 0 Å². The van der Waals surface area contributed by atoms with E-state index in [0.717, 1.165) is 51.4 Å². The monoisotopic (exact) mass is 349 g/mol. The molecule has 1 saturated heterocycles. The second-order valence-corrected chi connectivity index (χ2v) is 7.34. The molecule has 4 nitrogen and oxygen atoms in total. The van der Waals surface area contributed by atoms with Gasteiger partial charge in [-0.25, -0.2) is 0 Å². The number of carbonyl (C=O) groups excluding carboxylic acids is 1. The van der Waals surface area contributed by atoms with Crippen molar-refractivity contribution in [3.63, 3.8) is 0 Å². The van der Waals surface area contributed by atoms with Crippen LogP contribution in [0.1, 0.15) is 18.1 Å². The van der Waals surface area contributed by atoms with E-state index in [1.165, 1.54) is 11.1 Å². The maximum atomic E-state index is 13.1. The lowest BCUT2D eigenvalue weighted by molar-refractivity contribution is -0.123. The number of amides is 1. The van der Waals surface area contributed by atoms with E-state index in [2.05, 4.69) is 65.3 Å². The molecule has 1 fully saturated rings. The highest BCUT2D eigenvalue weighted by molar-refractivity contribution is 5.98. The van der Waals surface area contributed by atoms with Crippen LogP contribution in [0.2, 0.25) is 0 Å². The van der Waals surface area contributed by atoms with Crippen LogP contribution >= 0.6 is 0 Å². The molecular formula is C22H27N3O. The molecule has 0 aliphatic carbocycles. The largest absolute Gasteiger partial charge is 0.310 e. The van der Waals surface area contributed by atoms with Crippen molar-refractivity contribution in [2.75, 3.05) is 37.6 Å². The molecule has 0 saturated carbocycles. The Labute approximate surface area is 156 Å². The molecule has 2 aromatic rings. The van der Waals surface area contributed by atoms with Gasteiger partial charge in [-0.2, -0.15) is 0 Å². The van der Waals surface area contributed by atoms with Crippen LogP contribution in [0, 0.1) is 0 Å². The SMILES string of the molecule is C[C@H](C(=O)N1CCc2ccccc21)N1CCN(Cc2ccccc2)CC1. The Bertz CT molecular complexity index is 753. The summed E-state index contributed by atoms with van der Waals surface area (Å²) in [6.07, 6.45) is 0.972. The molecule has 26 heavy (non-hydrogen) atoms. The van der Waals surface area contributed by atoms with Gasteiger partial charge in [-0.05, 0) is 30.5 Å². The minimum atomic E-state index is -0.0555. The maximum Gasteiger partial charge on any atom is 0.244 e. The number of piperazine rings is 1. The molecule has 4 heteroatoms. The van der Waals surface area contributed by atoms with E-state index in [9.17, 15) is 4.79 Å². The van der Waals surface area contributed by atoms with E-state index >= 15 is 0 Å². The lowest BCUT2D eigenvalue weighted by atomic mass is 10.1. The van der Waals surface area contributed by atoms with E-state index in [0.29, 0.717) is 0 Å². The fraction of sp³-hybridized carbons (Fsp3) is 0.409. The van der Waals surface area contributed by atoms with Gasteiger partial charge >= 0.3 is 0 Å². The summed E-state index contributed by atoms with van der Waals surface area (Å²) in [5.41, 5.74) is 3.76. The highest BCUT2D eigenvalue weighted by Gasteiger charge is 2.32. The van der Waals surface area contributed by atoms with Crippen molar-refractivity contribution in [1.29, 1.82) is 0 Å². The van der Waals surface area contributed by atoms with Crippen molar-refractivity contribution in [3.05, 3.63) is 65.7 Å². The first-order valence-corrected chi connectivity index (χ1v) is 9.62. The number of fused-ring (bicyclic) bond motifs is 1. The van der Waals surface area contributed by atoms with Crippen molar-refractivity contribution in [2.45, 2.75) is 25.9 Å². The van der Waals surface area contributed by atoms with E-state index in [-0.39, 0.29) is 11.9 Å². The van der Waals surface area contributed by atoms with E-state index in [4.69, 9.17) is 0 Å². The predicted molar refractivity (Wildman–Crippen MR) is 105 cm³/mol. The number of hydrogen-bond donors (Lipinski definition) is 0. The van der Waals surface area contributed by atoms with Gasteiger partial charge in [-0.1, -0.05) is 48.5 Å². The van der Waals surface area contributed by atoms with Crippen LogP contribution in [0.5, 0.6) is 0 Å². The van der Waals surface area contributed by atoms with Gasteiger partial charge in [-0.15, -0.1) is 0 Å². The van der Waals surface area contributed by atoms with Crippen molar-refractivity contribution < 1.29 is 4.79 Å². The van der Waals surface area contributed by atoms with Crippen molar-refractivity contribution in [1.82, 2.24) is 9.80 Å². The lowest BCUT2D eigenvalue weighted by Gasteiger charge is -2.38. The van der Waals surface area contributed by atoms with Gasteiger partial charge in [-0.3, -0.25) is 14.6 Å². The molecule has 4 rings (SSSR count). The first-order valence-electron chi connectivity index (χ1n) is 9.62. The first kappa shape index (κ1) is 17.3. The van der Waals surface area contributed by atoms with E-state index < -0.39 is 0 Å². The molecule has 0 aromatic heterocycles. The van der Waals surface area contributed by atoms with Crippen LogP contribution in [0.15, 0.2) is 54.6 Å². The Kier molecular flexibility index (Phi) is 5.05. The third kappa shape index (κ3) is 3.53. The van der Waals surface area contributed by atoms with Gasteiger partial charge in [0.1, 0.15) is 0 Å². The number of para-hydroxylation sites is 1. The quantitative estimate of drug-likeness (QED) is 0.849. The van der Waals surface area contributed by atoms with Gasteiger partial charge in [0, 0.05) is 45.0 Å². The fourth-order valence-electron chi connectivity index (χ4n) is 4.10. The smallest absolute Gasteiger partial charge is 0.244 e. The molecule has 2 aliphatic heterocycles. The maximum absolute atomic E-state index is 13.1. The normalized spacial score (nSPS) is 19.3. The summed E-state index contributed by atoms with van der Waals surface area (Å²) >= 11 is 0. The Balaban J connectivity index is 1.34. The van der Waals surface area contributed by atoms with Crippen molar-refractivity contribution >= 4 is 11.6 Å². The molecule has 2 aromatic carbocycles. The van der Waals surface area contributed by atoms with Crippen molar-refractivity contribution in [2.24, 2.45) is 0 Å². The van der Waals surface area contributed by atoms with Crippen LogP contribution < -0.4 is 4.90 Å². The average molecular weight is 349 g/mol. The van der Waals surface area contributed by atoms with Crippen LogP contribution in [-0.4, -0.2) is 54.5 Å². The highest BCUT2D eigenvalue weighted by Crippen LogP contribution is 2.28. The molecule has 2 heterocycles. The zero-order valence-electron chi connectivity index (χ0n) is 15.5. The average Bonchev–Trinajstić information content (AvgIpc) is 3.12. The zero-order valence-corrected chi connectivity index (χ0v) is 15.5. The summed E-state index contributed by atoms with van der Waals surface area (Å²) in [4.78, 5) is 19.9. The zero-order chi connectivity index (χ0) is 17.9. The summed E-state index contributed by atoms with van der Waals surface area (Å²) in [7, 11) is 0. The van der Waals surface area contributed by atoms with Gasteiger partial charge in [0.25, 0.3) is 0 Å². The van der Waals surface area contributed by atoms with Crippen LogP contribution in [0.3, 0.4) is 0 Å². The number of anilines is 1. The van der Waals surface area contributed by atoms with Crippen LogP contribution in [-0.2, 0) is 17.8 Å². The summed E-state index contributed by atoms with van der Waals surface area (Å²) in [5.74, 6) is 0.242. The number of hydrogen-bond acceptors (Lipinski definition) is 3. The molecule has 0 spiro atoms. The standard InChI is InChI=1S/C22H27N3O/c1-18(22(26)25-12-11-20-9-5-6-10-21(20)25)24-15-13-23(14-16-24)17-19-7-3-2-4-8-19/h2-10,18H,11-17H2,1H3/t18-/m1/s1. The lowest BCUT2D eigenvalue weighted by Crippen LogP contribution is -2.54. The Hall–Kier alpha value is -2.17. The van der Waals surface area contributed by atoms with Crippen molar-refractivity contribution in [3.8, 4) is 0 Å². The minimum Gasteiger partial charge on any atom is -0.310 e. The molecule has 0 unspecified atom stereocenters. The molecule has 1 amide bonds. The summed E-state index contributed by atoms with van der Waals surface area (Å²) in [5, 5.41) is 0. The first-order chi connectivity index (χ1) is 12.7. The molecule has 0 radical (unpaired) electrons. The molecule has 0 N–H and O–H groups in total. The summed E-state index contributed by atoms with van der Waals surface area (Å²) in [6.45, 7) is 7.82. The Morgan fingerprint density at radius 3 is 2.38 bits per heavy atom. The number of benzene rings is 2. The van der Waals surface area contributed by atoms with Gasteiger partial charge in [0.05, 0.1) is 6.04 Å². The van der Waals surface area contributed by atoms with Crippen LogP contribution in [0.4, 0.5) is 5.69 Å². The number of nitrogens with zero attached hydrogens (tertiary/aromatic N) is 3. The molecule has 136 valence electrons. The fourth-order valence-corrected chi connectivity index (χ4v) is 4.10. The highest BCUT2D eigenvalue weighted by atomic mass is 16.2. The van der Waals surface area contributed by atoms with E-state index in [1.54, 1.807) is 0 Å². The third-order valence-corrected chi connectivity index (χ3v) is 5.71. The Morgan fingerprint density at radius 1 is 0.923 bits per heavy atom. The van der Waals surface area contributed by atoms with Gasteiger partial charge < -0.3 is 4.90 Å². The Morgan fingerprint density at radius 2 is 1.62 bits per heavy atom. The molecule has 0 bridgehead atoms. The van der Waals surface area contributed by atoms with Gasteiger partial charge in [0.2, 0.25) is 5.91 Å².